The SMILES string of the molecule is CCN1CCC[C@@H]1CNC(=O)c1cc2ccccc2oc1=O. The summed E-state index contributed by atoms with van der Waals surface area (Å²) in [5.74, 6) is -0.359. The second-order valence-electron chi connectivity index (χ2n) is 5.62. The molecule has 1 aromatic heterocycles. The first-order valence-corrected chi connectivity index (χ1v) is 7.74. The number of fused-ring (bicyclic) bond motifs is 1. The van der Waals surface area contributed by atoms with E-state index in [1.54, 1.807) is 18.2 Å². The number of hydrogen-bond donors (Lipinski definition) is 1. The van der Waals surface area contributed by atoms with Crippen molar-refractivity contribution in [1.29, 1.82) is 0 Å². The predicted molar refractivity (Wildman–Crippen MR) is 85.1 cm³/mol. The summed E-state index contributed by atoms with van der Waals surface area (Å²) in [6.07, 6.45) is 2.24. The van der Waals surface area contributed by atoms with E-state index < -0.39 is 5.63 Å². The molecule has 3 rings (SSSR count). The third-order valence-corrected chi connectivity index (χ3v) is 4.29. The summed E-state index contributed by atoms with van der Waals surface area (Å²) >= 11 is 0. The van der Waals surface area contributed by atoms with Crippen molar-refractivity contribution in [3.8, 4) is 0 Å². The Balaban J connectivity index is 1.75. The maximum atomic E-state index is 12.3. The average Bonchev–Trinajstić information content (AvgIpc) is 2.99. The zero-order valence-corrected chi connectivity index (χ0v) is 12.7. The monoisotopic (exact) mass is 300 g/mol. The molecule has 5 heteroatoms. The number of nitrogens with zero attached hydrogens (tertiary/aromatic N) is 1. The van der Waals surface area contributed by atoms with Gasteiger partial charge in [-0.15, -0.1) is 0 Å². The molecule has 0 bridgehead atoms. The van der Waals surface area contributed by atoms with Crippen LogP contribution in [0.15, 0.2) is 39.5 Å². The molecule has 1 aromatic carbocycles. The molecule has 1 aliphatic heterocycles. The standard InChI is InChI=1S/C17H20N2O3/c1-2-19-9-5-7-13(19)11-18-16(20)14-10-12-6-3-4-8-15(12)22-17(14)21/h3-4,6,8,10,13H,2,5,7,9,11H2,1H3,(H,18,20)/t13-/m1/s1. The quantitative estimate of drug-likeness (QED) is 0.877. The van der Waals surface area contributed by atoms with Gasteiger partial charge in [0.25, 0.3) is 5.91 Å². The summed E-state index contributed by atoms with van der Waals surface area (Å²) in [5.41, 5.74) is -0.0216. The van der Waals surface area contributed by atoms with Crippen molar-refractivity contribution in [3.05, 3.63) is 46.3 Å². The molecule has 0 radical (unpaired) electrons. The largest absolute Gasteiger partial charge is 0.422 e. The Hall–Kier alpha value is -2.14. The Morgan fingerprint density at radius 1 is 1.41 bits per heavy atom. The Morgan fingerprint density at radius 3 is 3.05 bits per heavy atom. The predicted octanol–water partition coefficient (Wildman–Crippen LogP) is 2.01. The van der Waals surface area contributed by atoms with Crippen LogP contribution < -0.4 is 10.9 Å². The molecule has 0 aliphatic carbocycles. The molecule has 0 saturated carbocycles. The maximum absolute atomic E-state index is 12.3. The van der Waals surface area contributed by atoms with E-state index in [-0.39, 0.29) is 11.5 Å². The smallest absolute Gasteiger partial charge is 0.349 e. The van der Waals surface area contributed by atoms with Crippen LogP contribution >= 0.6 is 0 Å². The number of benzene rings is 1. The molecule has 0 unspecified atom stereocenters. The number of nitrogens with one attached hydrogen (secondary N) is 1. The van der Waals surface area contributed by atoms with Crippen LogP contribution in [0.4, 0.5) is 0 Å². The lowest BCUT2D eigenvalue weighted by atomic mass is 10.1. The number of likely N-dealkylation sites (tertiary alicyclic amines) is 1. The van der Waals surface area contributed by atoms with Gasteiger partial charge in [0.2, 0.25) is 0 Å². The Morgan fingerprint density at radius 2 is 2.23 bits per heavy atom. The van der Waals surface area contributed by atoms with Crippen molar-refractivity contribution >= 4 is 16.9 Å². The van der Waals surface area contributed by atoms with E-state index in [1.807, 2.05) is 12.1 Å². The summed E-state index contributed by atoms with van der Waals surface area (Å²) in [4.78, 5) is 26.6. The number of carbonyl (C=O) groups is 1. The van der Waals surface area contributed by atoms with Gasteiger partial charge in [0.1, 0.15) is 11.1 Å². The maximum Gasteiger partial charge on any atom is 0.349 e. The van der Waals surface area contributed by atoms with Crippen molar-refractivity contribution < 1.29 is 9.21 Å². The Labute approximate surface area is 128 Å². The molecule has 22 heavy (non-hydrogen) atoms. The van der Waals surface area contributed by atoms with Crippen molar-refractivity contribution in [2.75, 3.05) is 19.6 Å². The molecular formula is C17H20N2O3. The molecule has 2 aromatic rings. The van der Waals surface area contributed by atoms with Crippen molar-refractivity contribution in [3.63, 3.8) is 0 Å². The van der Waals surface area contributed by atoms with Gasteiger partial charge in [-0.2, -0.15) is 0 Å². The lowest BCUT2D eigenvalue weighted by Gasteiger charge is -2.22. The first-order chi connectivity index (χ1) is 10.7. The molecular weight excluding hydrogens is 280 g/mol. The van der Waals surface area contributed by atoms with Crippen LogP contribution in [-0.2, 0) is 0 Å². The molecule has 1 aliphatic rings. The van der Waals surface area contributed by atoms with Crippen LogP contribution in [0.1, 0.15) is 30.1 Å². The minimum absolute atomic E-state index is 0.0692. The van der Waals surface area contributed by atoms with Gasteiger partial charge in [-0.05, 0) is 38.1 Å². The van der Waals surface area contributed by atoms with E-state index in [4.69, 9.17) is 4.42 Å². The van der Waals surface area contributed by atoms with E-state index >= 15 is 0 Å². The highest BCUT2D eigenvalue weighted by atomic mass is 16.4. The third kappa shape index (κ3) is 2.90. The molecule has 1 fully saturated rings. The molecule has 2 heterocycles. The fraction of sp³-hybridized carbons (Fsp3) is 0.412. The van der Waals surface area contributed by atoms with Crippen molar-refractivity contribution in [2.45, 2.75) is 25.8 Å². The molecule has 1 saturated heterocycles. The van der Waals surface area contributed by atoms with E-state index in [0.29, 0.717) is 18.2 Å². The number of hydrogen-bond acceptors (Lipinski definition) is 4. The summed E-state index contributed by atoms with van der Waals surface area (Å²) in [7, 11) is 0. The fourth-order valence-corrected chi connectivity index (χ4v) is 3.07. The van der Waals surface area contributed by atoms with Gasteiger partial charge >= 0.3 is 5.63 Å². The van der Waals surface area contributed by atoms with Crippen molar-refractivity contribution in [1.82, 2.24) is 10.2 Å². The number of carbonyl (C=O) groups excluding carboxylic acids is 1. The highest BCUT2D eigenvalue weighted by Gasteiger charge is 2.24. The van der Waals surface area contributed by atoms with Crippen LogP contribution in [0.5, 0.6) is 0 Å². The summed E-state index contributed by atoms with van der Waals surface area (Å²) in [6.45, 7) is 4.75. The van der Waals surface area contributed by atoms with E-state index in [0.717, 1.165) is 31.3 Å². The van der Waals surface area contributed by atoms with E-state index in [9.17, 15) is 9.59 Å². The van der Waals surface area contributed by atoms with Gasteiger partial charge in [0.05, 0.1) is 0 Å². The average molecular weight is 300 g/mol. The zero-order valence-electron chi connectivity index (χ0n) is 12.7. The first kappa shape index (κ1) is 14.8. The molecule has 1 N–H and O–H groups in total. The lowest BCUT2D eigenvalue weighted by Crippen LogP contribution is -2.41. The number of rotatable bonds is 4. The van der Waals surface area contributed by atoms with Crippen LogP contribution in [-0.4, -0.2) is 36.5 Å². The lowest BCUT2D eigenvalue weighted by molar-refractivity contribution is 0.0938. The van der Waals surface area contributed by atoms with Gasteiger partial charge < -0.3 is 9.73 Å². The van der Waals surface area contributed by atoms with Gasteiger partial charge in [-0.3, -0.25) is 9.69 Å². The van der Waals surface area contributed by atoms with Gasteiger partial charge in [-0.1, -0.05) is 25.1 Å². The zero-order chi connectivity index (χ0) is 15.5. The minimum Gasteiger partial charge on any atom is -0.422 e. The molecule has 116 valence electrons. The number of para-hydroxylation sites is 1. The molecule has 5 nitrogen and oxygen atoms in total. The third-order valence-electron chi connectivity index (χ3n) is 4.29. The Bertz CT molecular complexity index is 738. The fourth-order valence-electron chi connectivity index (χ4n) is 3.07. The molecule has 0 spiro atoms. The van der Waals surface area contributed by atoms with Crippen LogP contribution in [0.2, 0.25) is 0 Å². The van der Waals surface area contributed by atoms with Crippen molar-refractivity contribution in [2.24, 2.45) is 0 Å². The van der Waals surface area contributed by atoms with Gasteiger partial charge in [0.15, 0.2) is 0 Å². The normalized spacial score (nSPS) is 18.7. The topological polar surface area (TPSA) is 62.6 Å². The first-order valence-electron chi connectivity index (χ1n) is 7.74. The summed E-state index contributed by atoms with van der Waals surface area (Å²) < 4.78 is 5.20. The van der Waals surface area contributed by atoms with Crippen LogP contribution in [0, 0.1) is 0 Å². The molecule has 1 amide bonds. The van der Waals surface area contributed by atoms with E-state index in [2.05, 4.69) is 17.1 Å². The van der Waals surface area contributed by atoms with E-state index in [1.165, 1.54) is 0 Å². The van der Waals surface area contributed by atoms with Gasteiger partial charge in [-0.25, -0.2) is 4.79 Å². The Kier molecular flexibility index (Phi) is 4.24. The molecule has 1 atom stereocenters. The number of amides is 1. The van der Waals surface area contributed by atoms with Crippen LogP contribution in [0.25, 0.3) is 11.0 Å². The highest BCUT2D eigenvalue weighted by Crippen LogP contribution is 2.16. The highest BCUT2D eigenvalue weighted by molar-refractivity contribution is 5.96. The summed E-state index contributed by atoms with van der Waals surface area (Å²) in [5, 5.41) is 3.62. The number of likely N-dealkylation sites (N-methyl/N-ethyl adjacent to an activating group) is 1. The van der Waals surface area contributed by atoms with Gasteiger partial charge in [0, 0.05) is 18.0 Å². The second-order valence-corrected chi connectivity index (χ2v) is 5.62. The summed E-state index contributed by atoms with van der Waals surface area (Å²) in [6, 6.07) is 9.15. The second kappa shape index (κ2) is 6.32. The van der Waals surface area contributed by atoms with Crippen LogP contribution in [0.3, 0.4) is 0 Å². The minimum atomic E-state index is -0.588.